The van der Waals surface area contributed by atoms with Crippen molar-refractivity contribution in [2.75, 3.05) is 11.8 Å². The second kappa shape index (κ2) is 4.25. The Labute approximate surface area is 86.7 Å². The molecule has 1 aromatic rings. The van der Waals surface area contributed by atoms with Crippen LogP contribution in [0, 0.1) is 17.1 Å². The smallest absolute Gasteiger partial charge is 0.271 e. The largest absolute Gasteiger partial charge is 0.298 e. The SMILES string of the molecule is CNS(=O)(=O)Nc1ccc(F)c(C#N)c1. The lowest BCUT2D eigenvalue weighted by molar-refractivity contribution is 0.593. The topological polar surface area (TPSA) is 82.0 Å². The number of hydrogen-bond donors (Lipinski definition) is 2. The number of halogens is 1. The Kier molecular flexibility index (Phi) is 3.24. The van der Waals surface area contributed by atoms with E-state index in [2.05, 4.69) is 4.72 Å². The lowest BCUT2D eigenvalue weighted by Gasteiger charge is -2.06. The second-order valence-electron chi connectivity index (χ2n) is 2.62. The minimum atomic E-state index is -3.64. The molecule has 1 aromatic carbocycles. The van der Waals surface area contributed by atoms with Gasteiger partial charge in [-0.25, -0.2) is 9.11 Å². The van der Waals surface area contributed by atoms with Gasteiger partial charge in [-0.05, 0) is 18.2 Å². The molecule has 0 heterocycles. The third-order valence-electron chi connectivity index (χ3n) is 1.61. The second-order valence-corrected chi connectivity index (χ2v) is 4.24. The Morgan fingerprint density at radius 1 is 1.47 bits per heavy atom. The van der Waals surface area contributed by atoms with Crippen LogP contribution in [0.5, 0.6) is 0 Å². The summed E-state index contributed by atoms with van der Waals surface area (Å²) in [5.41, 5.74) is -0.0893. The van der Waals surface area contributed by atoms with Gasteiger partial charge in [0.2, 0.25) is 0 Å². The molecule has 0 aliphatic carbocycles. The summed E-state index contributed by atoms with van der Waals surface area (Å²) in [6.07, 6.45) is 0. The first-order valence-corrected chi connectivity index (χ1v) is 5.38. The molecule has 0 radical (unpaired) electrons. The van der Waals surface area contributed by atoms with E-state index in [9.17, 15) is 12.8 Å². The number of anilines is 1. The molecule has 0 aromatic heterocycles. The summed E-state index contributed by atoms with van der Waals surface area (Å²) in [7, 11) is -2.41. The molecule has 0 aliphatic heterocycles. The van der Waals surface area contributed by atoms with Crippen LogP contribution < -0.4 is 9.44 Å². The van der Waals surface area contributed by atoms with Gasteiger partial charge < -0.3 is 0 Å². The molecule has 0 saturated carbocycles. The summed E-state index contributed by atoms with van der Waals surface area (Å²) >= 11 is 0. The van der Waals surface area contributed by atoms with Crippen molar-refractivity contribution in [1.82, 2.24) is 4.72 Å². The van der Waals surface area contributed by atoms with E-state index < -0.39 is 16.0 Å². The first-order valence-electron chi connectivity index (χ1n) is 3.89. The lowest BCUT2D eigenvalue weighted by Crippen LogP contribution is -2.26. The van der Waals surface area contributed by atoms with E-state index >= 15 is 0 Å². The van der Waals surface area contributed by atoms with Gasteiger partial charge in [0.25, 0.3) is 10.2 Å². The van der Waals surface area contributed by atoms with E-state index in [-0.39, 0.29) is 11.3 Å². The predicted molar refractivity (Wildman–Crippen MR) is 52.7 cm³/mol. The zero-order valence-electron chi connectivity index (χ0n) is 7.78. The van der Waals surface area contributed by atoms with E-state index in [1.807, 2.05) is 4.72 Å². The van der Waals surface area contributed by atoms with Crippen LogP contribution in [0.15, 0.2) is 18.2 Å². The maximum absolute atomic E-state index is 12.9. The molecule has 0 fully saturated rings. The van der Waals surface area contributed by atoms with Crippen LogP contribution in [0.2, 0.25) is 0 Å². The molecule has 1 rings (SSSR count). The molecule has 80 valence electrons. The van der Waals surface area contributed by atoms with Crippen molar-refractivity contribution in [3.63, 3.8) is 0 Å². The van der Waals surface area contributed by atoms with Crippen LogP contribution in [0.1, 0.15) is 5.56 Å². The summed E-state index contributed by atoms with van der Waals surface area (Å²) in [5, 5.41) is 8.52. The number of nitrogens with one attached hydrogen (secondary N) is 2. The summed E-state index contributed by atoms with van der Waals surface area (Å²) in [5.74, 6) is -0.690. The minimum Gasteiger partial charge on any atom is -0.271 e. The standard InChI is InChI=1S/C8H8FN3O2S/c1-11-15(13,14)12-7-2-3-8(9)6(4-7)5-10/h2-4,11-12H,1H3. The van der Waals surface area contributed by atoms with Crippen molar-refractivity contribution in [2.45, 2.75) is 0 Å². The van der Waals surface area contributed by atoms with Crippen LogP contribution in [-0.4, -0.2) is 15.5 Å². The van der Waals surface area contributed by atoms with E-state index in [4.69, 9.17) is 5.26 Å². The fourth-order valence-electron chi connectivity index (χ4n) is 0.881. The maximum Gasteiger partial charge on any atom is 0.298 e. The zero-order chi connectivity index (χ0) is 11.5. The first-order chi connectivity index (χ1) is 6.98. The highest BCUT2D eigenvalue weighted by atomic mass is 32.2. The molecule has 0 unspecified atom stereocenters. The van der Waals surface area contributed by atoms with Crippen LogP contribution in [0.25, 0.3) is 0 Å². The van der Waals surface area contributed by atoms with Gasteiger partial charge in [-0.3, -0.25) is 4.72 Å². The number of nitriles is 1. The highest BCUT2D eigenvalue weighted by molar-refractivity contribution is 7.90. The quantitative estimate of drug-likeness (QED) is 0.795. The van der Waals surface area contributed by atoms with Gasteiger partial charge in [0.05, 0.1) is 11.3 Å². The monoisotopic (exact) mass is 229 g/mol. The fourth-order valence-corrected chi connectivity index (χ4v) is 1.42. The van der Waals surface area contributed by atoms with Crippen molar-refractivity contribution in [3.05, 3.63) is 29.6 Å². The Bertz CT molecular complexity index is 507. The van der Waals surface area contributed by atoms with Crippen LogP contribution in [0.4, 0.5) is 10.1 Å². The molecule has 0 bridgehead atoms. The van der Waals surface area contributed by atoms with Crippen molar-refractivity contribution in [3.8, 4) is 6.07 Å². The molecule has 0 aliphatic rings. The van der Waals surface area contributed by atoms with Gasteiger partial charge in [-0.2, -0.15) is 13.7 Å². The van der Waals surface area contributed by atoms with Gasteiger partial charge in [-0.15, -0.1) is 0 Å². The summed E-state index contributed by atoms with van der Waals surface area (Å²) in [6, 6.07) is 4.97. The Hall–Kier alpha value is -1.65. The molecule has 5 nitrogen and oxygen atoms in total. The van der Waals surface area contributed by atoms with Gasteiger partial charge >= 0.3 is 0 Å². The molecule has 0 atom stereocenters. The molecule has 0 amide bonds. The number of benzene rings is 1. The Morgan fingerprint density at radius 3 is 2.67 bits per heavy atom. The summed E-state index contributed by atoms with van der Waals surface area (Å²) < 4.78 is 39.1. The molecule has 0 spiro atoms. The first kappa shape index (κ1) is 11.4. The van der Waals surface area contributed by atoms with Crippen molar-refractivity contribution in [2.24, 2.45) is 0 Å². The van der Waals surface area contributed by atoms with Gasteiger partial charge in [0, 0.05) is 7.05 Å². The van der Waals surface area contributed by atoms with Crippen LogP contribution in [0.3, 0.4) is 0 Å². The minimum absolute atomic E-state index is 0.127. The zero-order valence-corrected chi connectivity index (χ0v) is 8.60. The molecule has 15 heavy (non-hydrogen) atoms. The summed E-state index contributed by atoms with van der Waals surface area (Å²) in [4.78, 5) is 0. The molecule has 0 saturated heterocycles. The third-order valence-corrected chi connectivity index (χ3v) is 2.65. The van der Waals surface area contributed by atoms with Gasteiger partial charge in [0.1, 0.15) is 11.9 Å². The van der Waals surface area contributed by atoms with E-state index in [1.165, 1.54) is 13.1 Å². The normalized spacial score (nSPS) is 10.7. The number of hydrogen-bond acceptors (Lipinski definition) is 3. The van der Waals surface area contributed by atoms with Gasteiger partial charge in [-0.1, -0.05) is 0 Å². The number of rotatable bonds is 3. The average molecular weight is 229 g/mol. The molecule has 2 N–H and O–H groups in total. The average Bonchev–Trinajstić information content (AvgIpc) is 2.20. The highest BCUT2D eigenvalue weighted by Crippen LogP contribution is 2.14. The van der Waals surface area contributed by atoms with Gasteiger partial charge in [0.15, 0.2) is 0 Å². The van der Waals surface area contributed by atoms with Crippen molar-refractivity contribution >= 4 is 15.9 Å². The number of nitrogens with zero attached hydrogens (tertiary/aromatic N) is 1. The molecule has 7 heteroatoms. The van der Waals surface area contributed by atoms with E-state index in [1.54, 1.807) is 6.07 Å². The lowest BCUT2D eigenvalue weighted by atomic mass is 10.2. The highest BCUT2D eigenvalue weighted by Gasteiger charge is 2.08. The maximum atomic E-state index is 12.9. The summed E-state index contributed by atoms with van der Waals surface area (Å²) in [6.45, 7) is 0. The Morgan fingerprint density at radius 2 is 2.13 bits per heavy atom. The van der Waals surface area contributed by atoms with Crippen LogP contribution >= 0.6 is 0 Å². The third kappa shape index (κ3) is 2.90. The Balaban J connectivity index is 3.04. The predicted octanol–water partition coefficient (Wildman–Crippen LogP) is 0.573. The van der Waals surface area contributed by atoms with Crippen molar-refractivity contribution < 1.29 is 12.8 Å². The molecular weight excluding hydrogens is 221 g/mol. The van der Waals surface area contributed by atoms with Crippen molar-refractivity contribution in [1.29, 1.82) is 5.26 Å². The van der Waals surface area contributed by atoms with E-state index in [0.717, 1.165) is 12.1 Å². The van der Waals surface area contributed by atoms with E-state index in [0.29, 0.717) is 0 Å². The van der Waals surface area contributed by atoms with Crippen LogP contribution in [-0.2, 0) is 10.2 Å². The molecular formula is C8H8FN3O2S. The fraction of sp³-hybridized carbons (Fsp3) is 0.125.